The van der Waals surface area contributed by atoms with Gasteiger partial charge in [-0.2, -0.15) is 4.98 Å². The van der Waals surface area contributed by atoms with Crippen LogP contribution in [-0.4, -0.2) is 23.6 Å². The molecule has 2 N–H and O–H groups in total. The van der Waals surface area contributed by atoms with Gasteiger partial charge in [0, 0.05) is 0 Å². The zero-order valence-electron chi connectivity index (χ0n) is 11.3. The summed E-state index contributed by atoms with van der Waals surface area (Å²) in [4.78, 5) is 4.22. The Bertz CT molecular complexity index is 696. The van der Waals surface area contributed by atoms with E-state index in [2.05, 4.69) is 19.9 Å². The molecule has 0 aliphatic heterocycles. The maximum absolute atomic E-state index is 12.4. The predicted molar refractivity (Wildman–Crippen MR) is 72.6 cm³/mol. The Hall–Kier alpha value is -1.89. The van der Waals surface area contributed by atoms with Gasteiger partial charge in [-0.1, -0.05) is 17.7 Å². The minimum absolute atomic E-state index is 0.0527. The minimum atomic E-state index is -3.67. The molecule has 2 aromatic rings. The molecule has 0 bridgehead atoms. The van der Waals surface area contributed by atoms with Crippen LogP contribution in [0.25, 0.3) is 0 Å². The maximum Gasteiger partial charge on any atom is 0.264 e. The van der Waals surface area contributed by atoms with Crippen LogP contribution in [0.5, 0.6) is 0 Å². The lowest BCUT2D eigenvalue weighted by molar-refractivity contribution is 0.599. The van der Waals surface area contributed by atoms with E-state index in [1.54, 1.807) is 20.8 Å². The largest absolute Gasteiger partial charge is 0.264 e. The van der Waals surface area contributed by atoms with E-state index in [1.807, 2.05) is 19.1 Å². The Kier molecular flexibility index (Phi) is 3.32. The first-order chi connectivity index (χ1) is 8.79. The quantitative estimate of drug-likeness (QED) is 0.898. The maximum atomic E-state index is 12.4. The van der Waals surface area contributed by atoms with Gasteiger partial charge in [-0.05, 0) is 38.8 Å². The van der Waals surface area contributed by atoms with Crippen LogP contribution in [0.1, 0.15) is 22.5 Å². The standard InChI is InChI=1S/C12H16N4O2S/c1-7-5-8(2)11(9(3)6-7)19(17,18)16-12-13-10(4)14-15-12/h5-6H,1-4H3,(H2,13,14,15,16). The predicted octanol–water partition coefficient (Wildman–Crippen LogP) is 1.84. The van der Waals surface area contributed by atoms with Crippen molar-refractivity contribution >= 4 is 16.0 Å². The van der Waals surface area contributed by atoms with Gasteiger partial charge in [0.25, 0.3) is 16.0 Å². The Balaban J connectivity index is 2.45. The molecule has 1 heterocycles. The van der Waals surface area contributed by atoms with E-state index in [-0.39, 0.29) is 10.8 Å². The molecule has 0 fully saturated rings. The van der Waals surface area contributed by atoms with Crippen LogP contribution in [-0.2, 0) is 10.0 Å². The van der Waals surface area contributed by atoms with E-state index < -0.39 is 10.0 Å². The van der Waals surface area contributed by atoms with Crippen LogP contribution in [0.2, 0.25) is 0 Å². The van der Waals surface area contributed by atoms with Crippen LogP contribution in [0.15, 0.2) is 17.0 Å². The number of rotatable bonds is 3. The molecule has 6 nitrogen and oxygen atoms in total. The van der Waals surface area contributed by atoms with Gasteiger partial charge >= 0.3 is 0 Å². The number of benzene rings is 1. The van der Waals surface area contributed by atoms with E-state index >= 15 is 0 Å². The van der Waals surface area contributed by atoms with E-state index in [0.29, 0.717) is 17.0 Å². The van der Waals surface area contributed by atoms with Gasteiger partial charge in [-0.3, -0.25) is 5.10 Å². The highest BCUT2D eigenvalue weighted by atomic mass is 32.2. The second kappa shape index (κ2) is 4.65. The average molecular weight is 280 g/mol. The lowest BCUT2D eigenvalue weighted by Crippen LogP contribution is -2.16. The van der Waals surface area contributed by atoms with Gasteiger partial charge in [0.2, 0.25) is 0 Å². The van der Waals surface area contributed by atoms with Crippen molar-refractivity contribution in [1.29, 1.82) is 0 Å². The van der Waals surface area contributed by atoms with Crippen molar-refractivity contribution in [2.24, 2.45) is 0 Å². The van der Waals surface area contributed by atoms with E-state index in [0.717, 1.165) is 5.56 Å². The monoisotopic (exact) mass is 280 g/mol. The second-order valence-electron chi connectivity index (χ2n) is 4.58. The number of sulfonamides is 1. The summed E-state index contributed by atoms with van der Waals surface area (Å²) in [5.41, 5.74) is 2.44. The van der Waals surface area contributed by atoms with Crippen LogP contribution in [0.4, 0.5) is 5.95 Å². The van der Waals surface area contributed by atoms with Crippen molar-refractivity contribution in [3.05, 3.63) is 34.6 Å². The molecule has 19 heavy (non-hydrogen) atoms. The SMILES string of the molecule is Cc1cc(C)c(S(=O)(=O)Nc2n[nH]c(C)n2)c(C)c1. The number of nitrogens with zero attached hydrogens (tertiary/aromatic N) is 2. The number of nitrogens with one attached hydrogen (secondary N) is 2. The summed E-state index contributed by atoms with van der Waals surface area (Å²) in [6.45, 7) is 7.19. The van der Waals surface area contributed by atoms with Gasteiger partial charge in [-0.25, -0.2) is 13.1 Å². The summed E-state index contributed by atoms with van der Waals surface area (Å²) in [6, 6.07) is 3.68. The summed E-state index contributed by atoms with van der Waals surface area (Å²) in [7, 11) is -3.67. The molecule has 2 rings (SSSR count). The third-order valence-electron chi connectivity index (χ3n) is 2.70. The van der Waals surface area contributed by atoms with E-state index in [9.17, 15) is 8.42 Å². The smallest absolute Gasteiger partial charge is 0.261 e. The summed E-state index contributed by atoms with van der Waals surface area (Å²) < 4.78 is 27.1. The highest BCUT2D eigenvalue weighted by molar-refractivity contribution is 7.92. The molecule has 102 valence electrons. The number of hydrogen-bond donors (Lipinski definition) is 2. The summed E-state index contributed by atoms with van der Waals surface area (Å²) >= 11 is 0. The second-order valence-corrected chi connectivity index (χ2v) is 6.20. The van der Waals surface area contributed by atoms with E-state index in [1.165, 1.54) is 0 Å². The van der Waals surface area contributed by atoms with E-state index in [4.69, 9.17) is 0 Å². The zero-order chi connectivity index (χ0) is 14.2. The number of hydrogen-bond acceptors (Lipinski definition) is 4. The normalized spacial score (nSPS) is 11.6. The molecule has 0 saturated carbocycles. The number of aromatic amines is 1. The van der Waals surface area contributed by atoms with Crippen molar-refractivity contribution in [3.63, 3.8) is 0 Å². The van der Waals surface area contributed by atoms with Crippen molar-refractivity contribution < 1.29 is 8.42 Å². The van der Waals surface area contributed by atoms with Crippen molar-refractivity contribution in [3.8, 4) is 0 Å². The Morgan fingerprint density at radius 3 is 2.16 bits per heavy atom. The first-order valence-corrected chi connectivity index (χ1v) is 7.27. The van der Waals surface area contributed by atoms with Crippen LogP contribution in [0, 0.1) is 27.7 Å². The van der Waals surface area contributed by atoms with Gasteiger partial charge in [-0.15, -0.1) is 5.10 Å². The summed E-state index contributed by atoms with van der Waals surface area (Å²) in [6.07, 6.45) is 0. The van der Waals surface area contributed by atoms with Crippen LogP contribution >= 0.6 is 0 Å². The van der Waals surface area contributed by atoms with Gasteiger partial charge in [0.1, 0.15) is 5.82 Å². The fraction of sp³-hybridized carbons (Fsp3) is 0.333. The fourth-order valence-electron chi connectivity index (χ4n) is 2.15. The molecule has 1 aromatic carbocycles. The summed E-state index contributed by atoms with van der Waals surface area (Å²) in [5, 5.41) is 6.37. The Morgan fingerprint density at radius 1 is 1.11 bits per heavy atom. The molecular weight excluding hydrogens is 264 g/mol. The van der Waals surface area contributed by atoms with Crippen molar-refractivity contribution in [1.82, 2.24) is 15.2 Å². The third kappa shape index (κ3) is 2.76. The topological polar surface area (TPSA) is 87.7 Å². The molecule has 1 aromatic heterocycles. The molecule has 0 amide bonds. The lowest BCUT2D eigenvalue weighted by atomic mass is 10.1. The zero-order valence-corrected chi connectivity index (χ0v) is 12.1. The van der Waals surface area contributed by atoms with Gasteiger partial charge in [0.05, 0.1) is 4.90 Å². The third-order valence-corrected chi connectivity index (χ3v) is 4.33. The molecule has 0 radical (unpaired) electrons. The number of H-pyrrole nitrogens is 1. The van der Waals surface area contributed by atoms with Gasteiger partial charge < -0.3 is 0 Å². The van der Waals surface area contributed by atoms with Crippen LogP contribution in [0.3, 0.4) is 0 Å². The number of anilines is 1. The summed E-state index contributed by atoms with van der Waals surface area (Å²) in [5.74, 6) is 0.604. The highest BCUT2D eigenvalue weighted by Gasteiger charge is 2.21. The van der Waals surface area contributed by atoms with Crippen molar-refractivity contribution in [2.45, 2.75) is 32.6 Å². The molecule has 7 heteroatoms. The molecule has 0 aliphatic carbocycles. The molecule has 0 spiro atoms. The highest BCUT2D eigenvalue weighted by Crippen LogP contribution is 2.23. The number of aromatic nitrogens is 3. The average Bonchev–Trinajstić information content (AvgIpc) is 2.60. The molecular formula is C12H16N4O2S. The van der Waals surface area contributed by atoms with Crippen molar-refractivity contribution in [2.75, 3.05) is 4.72 Å². The van der Waals surface area contributed by atoms with Crippen LogP contribution < -0.4 is 4.72 Å². The molecule has 0 atom stereocenters. The molecule has 0 unspecified atom stereocenters. The Morgan fingerprint density at radius 2 is 1.68 bits per heavy atom. The Labute approximate surface area is 112 Å². The molecule has 0 saturated heterocycles. The molecule has 0 aliphatic rings. The first kappa shape index (κ1) is 13.5. The first-order valence-electron chi connectivity index (χ1n) is 5.79. The fourth-order valence-corrected chi connectivity index (χ4v) is 3.55. The van der Waals surface area contributed by atoms with Gasteiger partial charge in [0.15, 0.2) is 0 Å². The number of aryl methyl sites for hydroxylation is 4. The minimum Gasteiger partial charge on any atom is -0.261 e. The lowest BCUT2D eigenvalue weighted by Gasteiger charge is -2.11.